The van der Waals surface area contributed by atoms with Crippen molar-refractivity contribution in [1.82, 2.24) is 34.9 Å². The molecule has 138 valence electrons. The Balaban J connectivity index is 1.76. The summed E-state index contributed by atoms with van der Waals surface area (Å²) in [5, 5.41) is 12.0. The normalized spacial score (nSPS) is 17.7. The van der Waals surface area contributed by atoms with Gasteiger partial charge in [-0.15, -0.1) is 0 Å². The first-order valence-electron chi connectivity index (χ1n) is 8.93. The minimum atomic E-state index is 0.255. The van der Waals surface area contributed by atoms with Gasteiger partial charge in [0.15, 0.2) is 0 Å². The maximum Gasteiger partial charge on any atom is 0.130 e. The van der Waals surface area contributed by atoms with Crippen LogP contribution in [-0.2, 0) is 11.8 Å². The molecule has 9 nitrogen and oxygen atoms in total. The zero-order chi connectivity index (χ0) is 18.4. The molecule has 0 spiro atoms. The monoisotopic (exact) mass is 364 g/mol. The van der Waals surface area contributed by atoms with Crippen LogP contribution < -0.4 is 4.90 Å². The number of hydrogen-bond donors (Lipinski definition) is 2. The number of H-pyrrole nitrogens is 2. The fourth-order valence-electron chi connectivity index (χ4n) is 3.61. The summed E-state index contributed by atoms with van der Waals surface area (Å²) in [6.07, 6.45) is 5.21. The maximum atomic E-state index is 5.59. The van der Waals surface area contributed by atoms with Crippen molar-refractivity contribution in [2.75, 3.05) is 24.7 Å². The first-order valence-corrected chi connectivity index (χ1v) is 8.93. The van der Waals surface area contributed by atoms with Crippen molar-refractivity contribution in [3.8, 4) is 22.6 Å². The van der Waals surface area contributed by atoms with E-state index >= 15 is 0 Å². The van der Waals surface area contributed by atoms with Crippen LogP contribution in [0.4, 0.5) is 5.82 Å². The number of rotatable bonds is 3. The van der Waals surface area contributed by atoms with E-state index in [4.69, 9.17) is 9.72 Å². The number of aryl methyl sites for hydroxylation is 1. The molecule has 0 aromatic carbocycles. The van der Waals surface area contributed by atoms with E-state index in [1.807, 2.05) is 17.8 Å². The zero-order valence-corrected chi connectivity index (χ0v) is 15.2. The Labute approximate surface area is 155 Å². The van der Waals surface area contributed by atoms with Crippen LogP contribution >= 0.6 is 0 Å². The molecule has 4 aromatic rings. The molecule has 0 aliphatic carbocycles. The molecule has 5 rings (SSSR count). The van der Waals surface area contributed by atoms with Crippen LogP contribution in [0, 0.1) is 0 Å². The lowest BCUT2D eigenvalue weighted by atomic mass is 10.1. The largest absolute Gasteiger partial charge is 0.377 e. The number of anilines is 1. The first-order chi connectivity index (χ1) is 13.2. The third-order valence-corrected chi connectivity index (χ3v) is 5.02. The summed E-state index contributed by atoms with van der Waals surface area (Å²) in [5.41, 5.74) is 5.30. The van der Waals surface area contributed by atoms with Crippen LogP contribution in [0.1, 0.15) is 6.92 Å². The van der Waals surface area contributed by atoms with Crippen LogP contribution in [0.2, 0.25) is 0 Å². The summed E-state index contributed by atoms with van der Waals surface area (Å²) in [5.74, 6) is 0.914. The SMILES string of the molecule is CC1COCCN1c1cc(-c2ccnn2C)c2n[nH]c(-c3cnc[nH]3)c2n1. The Hall–Kier alpha value is -3.20. The molecule has 4 aromatic heterocycles. The molecule has 1 unspecified atom stereocenters. The molecule has 0 bridgehead atoms. The van der Waals surface area contributed by atoms with E-state index in [-0.39, 0.29) is 6.04 Å². The number of pyridine rings is 1. The third kappa shape index (κ3) is 2.58. The van der Waals surface area contributed by atoms with Gasteiger partial charge in [-0.25, -0.2) is 9.97 Å². The number of ether oxygens (including phenoxy) is 1. The first kappa shape index (κ1) is 16.0. The van der Waals surface area contributed by atoms with E-state index in [1.165, 1.54) is 0 Å². The van der Waals surface area contributed by atoms with Gasteiger partial charge in [0.25, 0.3) is 0 Å². The minimum absolute atomic E-state index is 0.255. The molecular weight excluding hydrogens is 344 g/mol. The van der Waals surface area contributed by atoms with Crippen molar-refractivity contribution < 1.29 is 4.74 Å². The lowest BCUT2D eigenvalue weighted by Gasteiger charge is -2.34. The van der Waals surface area contributed by atoms with Crippen LogP contribution in [0.3, 0.4) is 0 Å². The summed E-state index contributed by atoms with van der Waals surface area (Å²) >= 11 is 0. The molecular formula is C18H20N8O. The molecule has 1 atom stereocenters. The predicted octanol–water partition coefficient (Wildman–Crippen LogP) is 1.97. The third-order valence-electron chi connectivity index (χ3n) is 5.02. The molecule has 1 aliphatic rings. The van der Waals surface area contributed by atoms with E-state index in [2.05, 4.69) is 43.2 Å². The molecule has 5 heterocycles. The molecule has 27 heavy (non-hydrogen) atoms. The standard InChI is InChI=1S/C18H20N8O/c1-11-9-27-6-5-26(11)15-7-12(14-3-4-21-25(14)2)16-18(22-15)17(24-23-16)13-8-19-10-20-13/h3-4,7-8,10-11H,5-6,9H2,1-2H3,(H,19,20)(H,23,24). The molecule has 0 radical (unpaired) electrons. The number of aromatic amines is 2. The summed E-state index contributed by atoms with van der Waals surface area (Å²) < 4.78 is 7.45. The number of nitrogens with zero attached hydrogens (tertiary/aromatic N) is 6. The minimum Gasteiger partial charge on any atom is -0.377 e. The number of hydrogen-bond acceptors (Lipinski definition) is 6. The quantitative estimate of drug-likeness (QED) is 0.576. The lowest BCUT2D eigenvalue weighted by molar-refractivity contribution is 0.0986. The van der Waals surface area contributed by atoms with Gasteiger partial charge in [0.1, 0.15) is 22.5 Å². The maximum absolute atomic E-state index is 5.59. The van der Waals surface area contributed by atoms with E-state index in [0.29, 0.717) is 13.2 Å². The highest BCUT2D eigenvalue weighted by atomic mass is 16.5. The van der Waals surface area contributed by atoms with Gasteiger partial charge in [0.2, 0.25) is 0 Å². The Kier molecular flexibility index (Phi) is 3.68. The summed E-state index contributed by atoms with van der Waals surface area (Å²) in [6.45, 7) is 4.35. The Morgan fingerprint density at radius 1 is 1.30 bits per heavy atom. The Bertz CT molecular complexity index is 1080. The highest BCUT2D eigenvalue weighted by Crippen LogP contribution is 2.34. The molecule has 0 amide bonds. The second-order valence-corrected chi connectivity index (χ2v) is 6.75. The van der Waals surface area contributed by atoms with Crippen LogP contribution in [-0.4, -0.2) is 60.7 Å². The van der Waals surface area contributed by atoms with E-state index < -0.39 is 0 Å². The van der Waals surface area contributed by atoms with Crippen molar-refractivity contribution in [3.05, 3.63) is 30.9 Å². The lowest BCUT2D eigenvalue weighted by Crippen LogP contribution is -2.44. The highest BCUT2D eigenvalue weighted by Gasteiger charge is 2.24. The summed E-state index contributed by atoms with van der Waals surface area (Å²) in [7, 11) is 1.93. The van der Waals surface area contributed by atoms with Gasteiger partial charge >= 0.3 is 0 Å². The topological polar surface area (TPSA) is 101 Å². The zero-order valence-electron chi connectivity index (χ0n) is 15.2. The number of fused-ring (bicyclic) bond motifs is 1. The van der Waals surface area contributed by atoms with Gasteiger partial charge in [-0.05, 0) is 19.1 Å². The number of morpholine rings is 1. The van der Waals surface area contributed by atoms with E-state index in [0.717, 1.165) is 46.0 Å². The molecule has 1 fully saturated rings. The second kappa shape index (κ2) is 6.20. The molecule has 1 saturated heterocycles. The van der Waals surface area contributed by atoms with Crippen LogP contribution in [0.15, 0.2) is 30.9 Å². The average molecular weight is 364 g/mol. The molecule has 9 heteroatoms. The van der Waals surface area contributed by atoms with Gasteiger partial charge in [-0.2, -0.15) is 10.2 Å². The van der Waals surface area contributed by atoms with Crippen molar-refractivity contribution in [2.45, 2.75) is 13.0 Å². The number of imidazole rings is 1. The van der Waals surface area contributed by atoms with E-state index in [9.17, 15) is 0 Å². The van der Waals surface area contributed by atoms with Gasteiger partial charge in [0.05, 0.1) is 43.2 Å². The van der Waals surface area contributed by atoms with Gasteiger partial charge < -0.3 is 14.6 Å². The molecule has 0 saturated carbocycles. The van der Waals surface area contributed by atoms with Crippen molar-refractivity contribution in [3.63, 3.8) is 0 Å². The van der Waals surface area contributed by atoms with Crippen LogP contribution in [0.25, 0.3) is 33.7 Å². The predicted molar refractivity (Wildman–Crippen MR) is 101 cm³/mol. The van der Waals surface area contributed by atoms with Gasteiger partial charge in [-0.1, -0.05) is 0 Å². The summed E-state index contributed by atoms with van der Waals surface area (Å²) in [4.78, 5) is 14.5. The van der Waals surface area contributed by atoms with Crippen LogP contribution in [0.5, 0.6) is 0 Å². The van der Waals surface area contributed by atoms with E-state index in [1.54, 1.807) is 18.7 Å². The van der Waals surface area contributed by atoms with Gasteiger partial charge in [0, 0.05) is 25.4 Å². The smallest absolute Gasteiger partial charge is 0.130 e. The average Bonchev–Trinajstić information content (AvgIpc) is 3.41. The van der Waals surface area contributed by atoms with Gasteiger partial charge in [-0.3, -0.25) is 9.78 Å². The fraction of sp³-hybridized carbons (Fsp3) is 0.333. The molecule has 1 aliphatic heterocycles. The highest BCUT2D eigenvalue weighted by molar-refractivity contribution is 5.99. The fourth-order valence-corrected chi connectivity index (χ4v) is 3.61. The Morgan fingerprint density at radius 3 is 2.96 bits per heavy atom. The molecule has 2 N–H and O–H groups in total. The second-order valence-electron chi connectivity index (χ2n) is 6.75. The van der Waals surface area contributed by atoms with Crippen molar-refractivity contribution in [1.29, 1.82) is 0 Å². The number of aromatic nitrogens is 7. The Morgan fingerprint density at radius 2 is 2.22 bits per heavy atom. The van der Waals surface area contributed by atoms with Crippen molar-refractivity contribution in [2.24, 2.45) is 7.05 Å². The van der Waals surface area contributed by atoms with Crippen molar-refractivity contribution >= 4 is 16.9 Å². The summed E-state index contributed by atoms with van der Waals surface area (Å²) in [6, 6.07) is 4.34. The number of nitrogens with one attached hydrogen (secondary N) is 2.